The molecule has 3 saturated heterocycles. The Morgan fingerprint density at radius 1 is 1.28 bits per heavy atom. The van der Waals surface area contributed by atoms with Crippen molar-refractivity contribution >= 4 is 11.5 Å². The zero-order valence-electron chi connectivity index (χ0n) is 14.5. The van der Waals surface area contributed by atoms with Crippen molar-refractivity contribution in [1.82, 2.24) is 10.2 Å². The summed E-state index contributed by atoms with van der Waals surface area (Å²) in [4.78, 5) is 4.21. The highest BCUT2D eigenvalue weighted by molar-refractivity contribution is 5.59. The Labute approximate surface area is 146 Å². The summed E-state index contributed by atoms with van der Waals surface area (Å²) in [7, 11) is 0. The summed E-state index contributed by atoms with van der Waals surface area (Å²) in [6.45, 7) is 4.00. The van der Waals surface area contributed by atoms with Crippen LogP contribution in [0.2, 0.25) is 0 Å². The number of nitrogens with zero attached hydrogens (tertiary/aromatic N) is 4. The molecular formula is C17H25F2N5O. The van der Waals surface area contributed by atoms with Crippen LogP contribution in [0.15, 0.2) is 6.07 Å². The highest BCUT2D eigenvalue weighted by atomic mass is 19.3. The monoisotopic (exact) mass is 353 g/mol. The van der Waals surface area contributed by atoms with E-state index in [-0.39, 0.29) is 37.6 Å². The number of ether oxygens (including phenoxy) is 1. The molecule has 0 aliphatic carbocycles. The lowest BCUT2D eigenvalue weighted by atomic mass is 9.98. The molecule has 138 valence electrons. The first-order valence-corrected chi connectivity index (χ1v) is 9.07. The van der Waals surface area contributed by atoms with Gasteiger partial charge >= 0.3 is 0 Å². The third kappa shape index (κ3) is 3.29. The van der Waals surface area contributed by atoms with Crippen molar-refractivity contribution in [3.63, 3.8) is 0 Å². The highest BCUT2D eigenvalue weighted by Crippen LogP contribution is 2.37. The van der Waals surface area contributed by atoms with E-state index in [1.165, 1.54) is 0 Å². The lowest BCUT2D eigenvalue weighted by Crippen LogP contribution is -2.46. The van der Waals surface area contributed by atoms with E-state index in [4.69, 9.17) is 10.5 Å². The molecule has 0 saturated carbocycles. The van der Waals surface area contributed by atoms with E-state index in [0.29, 0.717) is 12.2 Å². The maximum atomic E-state index is 13.7. The second kappa shape index (κ2) is 6.32. The first kappa shape index (κ1) is 16.9. The lowest BCUT2D eigenvalue weighted by molar-refractivity contribution is -0.0318. The molecule has 0 spiro atoms. The summed E-state index contributed by atoms with van der Waals surface area (Å²) < 4.78 is 33.3. The first-order chi connectivity index (χ1) is 11.9. The standard InChI is InChI=1S/C17H25F2N5O/c1-11-7-17(18,19)4-5-24(11)15-6-16(22-21-14(15)8-20)23-9-12-2-3-13(10-23)25-12/h6,11-13H,2-5,7-10,20H2,1H3. The van der Waals surface area contributed by atoms with Crippen LogP contribution in [0.1, 0.15) is 38.3 Å². The van der Waals surface area contributed by atoms with E-state index >= 15 is 0 Å². The van der Waals surface area contributed by atoms with Crippen molar-refractivity contribution in [3.05, 3.63) is 11.8 Å². The minimum atomic E-state index is -2.59. The Balaban J connectivity index is 1.60. The number of halogens is 2. The van der Waals surface area contributed by atoms with Crippen molar-refractivity contribution in [3.8, 4) is 0 Å². The Kier molecular flexibility index (Phi) is 4.27. The van der Waals surface area contributed by atoms with Crippen LogP contribution in [0.3, 0.4) is 0 Å². The van der Waals surface area contributed by atoms with Gasteiger partial charge in [-0.15, -0.1) is 10.2 Å². The molecule has 1 aromatic rings. The molecule has 8 heteroatoms. The normalized spacial score (nSPS) is 31.4. The van der Waals surface area contributed by atoms with Crippen LogP contribution < -0.4 is 15.5 Å². The third-order valence-corrected chi connectivity index (χ3v) is 5.55. The van der Waals surface area contributed by atoms with Crippen LogP contribution >= 0.6 is 0 Å². The Bertz CT molecular complexity index is 631. The van der Waals surface area contributed by atoms with Gasteiger partial charge in [-0.3, -0.25) is 0 Å². The molecule has 3 fully saturated rings. The number of rotatable bonds is 3. The number of piperidine rings is 1. The van der Waals surface area contributed by atoms with Gasteiger partial charge in [0.15, 0.2) is 5.82 Å². The molecule has 2 bridgehead atoms. The summed E-state index contributed by atoms with van der Waals surface area (Å²) in [5.41, 5.74) is 7.33. The smallest absolute Gasteiger partial charge is 0.251 e. The van der Waals surface area contributed by atoms with Crippen LogP contribution in [-0.4, -0.2) is 54.0 Å². The van der Waals surface area contributed by atoms with Gasteiger partial charge in [-0.05, 0) is 19.8 Å². The van der Waals surface area contributed by atoms with Gasteiger partial charge in [0, 0.05) is 51.1 Å². The molecule has 1 aromatic heterocycles. The molecule has 3 aliphatic rings. The molecule has 4 rings (SSSR count). The summed E-state index contributed by atoms with van der Waals surface area (Å²) in [6.07, 6.45) is 2.40. The van der Waals surface area contributed by atoms with Crippen molar-refractivity contribution in [2.75, 3.05) is 29.4 Å². The molecule has 3 atom stereocenters. The molecule has 3 unspecified atom stereocenters. The topological polar surface area (TPSA) is 67.5 Å². The number of hydrogen-bond acceptors (Lipinski definition) is 6. The zero-order chi connectivity index (χ0) is 17.6. The fourth-order valence-corrected chi connectivity index (χ4v) is 4.25. The number of nitrogens with two attached hydrogens (primary N) is 1. The number of morpholine rings is 1. The van der Waals surface area contributed by atoms with Gasteiger partial charge in [0.1, 0.15) is 5.69 Å². The minimum absolute atomic E-state index is 0.138. The van der Waals surface area contributed by atoms with Crippen LogP contribution in [0.25, 0.3) is 0 Å². The molecule has 4 heterocycles. The van der Waals surface area contributed by atoms with Gasteiger partial charge in [0.05, 0.1) is 17.9 Å². The first-order valence-electron chi connectivity index (χ1n) is 9.07. The second-order valence-corrected chi connectivity index (χ2v) is 7.45. The third-order valence-electron chi connectivity index (χ3n) is 5.55. The van der Waals surface area contributed by atoms with Crippen LogP contribution in [0, 0.1) is 0 Å². The Hall–Kier alpha value is -1.54. The average Bonchev–Trinajstić information content (AvgIpc) is 2.91. The number of alkyl halides is 2. The summed E-state index contributed by atoms with van der Waals surface area (Å²) >= 11 is 0. The molecule has 3 aliphatic heterocycles. The quantitative estimate of drug-likeness (QED) is 0.896. The lowest BCUT2D eigenvalue weighted by Gasteiger charge is -2.40. The van der Waals surface area contributed by atoms with Gasteiger partial charge in [0.25, 0.3) is 5.92 Å². The average molecular weight is 353 g/mol. The molecular weight excluding hydrogens is 328 g/mol. The van der Waals surface area contributed by atoms with Crippen LogP contribution in [-0.2, 0) is 11.3 Å². The highest BCUT2D eigenvalue weighted by Gasteiger charge is 2.39. The van der Waals surface area contributed by atoms with Crippen molar-refractivity contribution in [1.29, 1.82) is 0 Å². The number of aromatic nitrogens is 2. The van der Waals surface area contributed by atoms with Crippen molar-refractivity contribution < 1.29 is 13.5 Å². The molecule has 2 N–H and O–H groups in total. The maximum Gasteiger partial charge on any atom is 0.251 e. The Morgan fingerprint density at radius 3 is 2.64 bits per heavy atom. The predicted molar refractivity (Wildman–Crippen MR) is 91.0 cm³/mol. The fraction of sp³-hybridized carbons (Fsp3) is 0.765. The van der Waals surface area contributed by atoms with E-state index in [1.54, 1.807) is 0 Å². The number of anilines is 2. The van der Waals surface area contributed by atoms with E-state index in [1.807, 2.05) is 17.9 Å². The molecule has 0 amide bonds. The maximum absolute atomic E-state index is 13.7. The molecule has 6 nitrogen and oxygen atoms in total. The van der Waals surface area contributed by atoms with E-state index in [9.17, 15) is 8.78 Å². The fourth-order valence-electron chi connectivity index (χ4n) is 4.25. The van der Waals surface area contributed by atoms with Crippen LogP contribution in [0.4, 0.5) is 20.3 Å². The largest absolute Gasteiger partial charge is 0.371 e. The molecule has 25 heavy (non-hydrogen) atoms. The molecule has 0 aromatic carbocycles. The van der Waals surface area contributed by atoms with Crippen molar-refractivity contribution in [2.24, 2.45) is 5.73 Å². The van der Waals surface area contributed by atoms with Crippen molar-refractivity contribution in [2.45, 2.75) is 63.3 Å². The Morgan fingerprint density at radius 2 is 2.00 bits per heavy atom. The number of hydrogen-bond donors (Lipinski definition) is 1. The van der Waals surface area contributed by atoms with Gasteiger partial charge < -0.3 is 20.3 Å². The summed E-state index contributed by atoms with van der Waals surface area (Å²) in [6, 6.07) is 1.71. The van der Waals surface area contributed by atoms with Crippen LogP contribution in [0.5, 0.6) is 0 Å². The predicted octanol–water partition coefficient (Wildman–Crippen LogP) is 1.93. The van der Waals surface area contributed by atoms with E-state index in [0.717, 1.165) is 37.4 Å². The van der Waals surface area contributed by atoms with Gasteiger partial charge in [-0.25, -0.2) is 8.78 Å². The second-order valence-electron chi connectivity index (χ2n) is 7.45. The van der Waals surface area contributed by atoms with E-state index < -0.39 is 5.92 Å². The van der Waals surface area contributed by atoms with Gasteiger partial charge in [0.2, 0.25) is 0 Å². The summed E-state index contributed by atoms with van der Waals surface area (Å²) in [5.74, 6) is -1.80. The SMILES string of the molecule is CC1CC(F)(F)CCN1c1cc(N2CC3CCC(C2)O3)nnc1CN. The van der Waals surface area contributed by atoms with E-state index in [2.05, 4.69) is 15.1 Å². The van der Waals surface area contributed by atoms with Gasteiger partial charge in [-0.2, -0.15) is 0 Å². The van der Waals surface area contributed by atoms with Gasteiger partial charge in [-0.1, -0.05) is 0 Å². The zero-order valence-corrected chi connectivity index (χ0v) is 14.5. The molecule has 0 radical (unpaired) electrons. The summed E-state index contributed by atoms with van der Waals surface area (Å²) in [5, 5.41) is 8.65. The number of fused-ring (bicyclic) bond motifs is 2. The minimum Gasteiger partial charge on any atom is -0.371 e.